The van der Waals surface area contributed by atoms with Crippen LogP contribution in [0.2, 0.25) is 5.02 Å². The molecule has 1 aromatic carbocycles. The van der Waals surface area contributed by atoms with Gasteiger partial charge in [-0.25, -0.2) is 0 Å². The normalized spacial score (nSPS) is 17.8. The monoisotopic (exact) mass is 314 g/mol. The van der Waals surface area contributed by atoms with E-state index in [0.29, 0.717) is 43.2 Å². The fourth-order valence-corrected chi connectivity index (χ4v) is 2.89. The number of hydrogen-bond acceptors (Lipinski definition) is 4. The topological polar surface area (TPSA) is 58.7 Å². The average Bonchev–Trinajstić information content (AvgIpc) is 2.38. The molecule has 6 heteroatoms. The second-order valence-electron chi connectivity index (χ2n) is 5.22. The summed E-state index contributed by atoms with van der Waals surface area (Å²) in [4.78, 5) is 2.27. The van der Waals surface area contributed by atoms with Crippen LogP contribution in [0, 0.1) is 0 Å². The number of anilines is 1. The van der Waals surface area contributed by atoms with Gasteiger partial charge in [-0.15, -0.1) is 0 Å². The molecule has 110 valence electrons. The lowest BCUT2D eigenvalue weighted by molar-refractivity contribution is -0.0572. The van der Waals surface area contributed by atoms with E-state index < -0.39 is 5.60 Å². The summed E-state index contributed by atoms with van der Waals surface area (Å²) in [5.41, 5.74) is 6.48. The summed E-state index contributed by atoms with van der Waals surface area (Å²) in [6, 6.07) is 5.53. The molecule has 20 heavy (non-hydrogen) atoms. The molecule has 1 heterocycles. The zero-order chi connectivity index (χ0) is 14.8. The first kappa shape index (κ1) is 15.5. The molecule has 1 aliphatic heterocycles. The number of halogens is 1. The molecular weight excluding hydrogens is 296 g/mol. The molecule has 1 saturated heterocycles. The van der Waals surface area contributed by atoms with Crippen molar-refractivity contribution in [1.82, 2.24) is 0 Å². The molecule has 0 atom stereocenters. The maximum absolute atomic E-state index is 10.5. The van der Waals surface area contributed by atoms with Crippen molar-refractivity contribution in [1.29, 1.82) is 0 Å². The standard InChI is InChI=1S/C14H19ClN2O2S/c1-17(9-14(18)4-6-19-7-5-14)10-2-3-11(13(16)20)12(15)8-10/h2-3,8,18H,4-7,9H2,1H3,(H2,16,20). The molecular formula is C14H19ClN2O2S. The first-order valence-corrected chi connectivity index (χ1v) is 7.30. The Balaban J connectivity index is 2.11. The molecule has 1 aromatic rings. The van der Waals surface area contributed by atoms with E-state index in [1.807, 2.05) is 30.1 Å². The van der Waals surface area contributed by atoms with Crippen LogP contribution in [0.15, 0.2) is 18.2 Å². The van der Waals surface area contributed by atoms with Gasteiger partial charge in [0.05, 0.1) is 10.6 Å². The van der Waals surface area contributed by atoms with Crippen LogP contribution in [-0.2, 0) is 4.74 Å². The average molecular weight is 315 g/mol. The molecule has 3 N–H and O–H groups in total. The second-order valence-corrected chi connectivity index (χ2v) is 6.07. The Hall–Kier alpha value is -0.880. The van der Waals surface area contributed by atoms with E-state index in [1.54, 1.807) is 0 Å². The highest BCUT2D eigenvalue weighted by Gasteiger charge is 2.31. The van der Waals surface area contributed by atoms with E-state index in [0.717, 1.165) is 5.69 Å². The number of hydrogen-bond donors (Lipinski definition) is 2. The van der Waals surface area contributed by atoms with Crippen LogP contribution >= 0.6 is 23.8 Å². The molecule has 0 saturated carbocycles. The molecule has 4 nitrogen and oxygen atoms in total. The summed E-state index contributed by atoms with van der Waals surface area (Å²) in [5, 5.41) is 11.0. The third-order valence-electron chi connectivity index (χ3n) is 3.61. The van der Waals surface area contributed by atoms with Crippen LogP contribution in [0.25, 0.3) is 0 Å². The van der Waals surface area contributed by atoms with Gasteiger partial charge >= 0.3 is 0 Å². The molecule has 0 bridgehead atoms. The molecule has 1 aliphatic rings. The van der Waals surface area contributed by atoms with E-state index in [4.69, 9.17) is 34.3 Å². The summed E-state index contributed by atoms with van der Waals surface area (Å²) in [6.07, 6.45) is 1.30. The minimum absolute atomic E-state index is 0.285. The van der Waals surface area contributed by atoms with Crippen molar-refractivity contribution in [3.63, 3.8) is 0 Å². The quantitative estimate of drug-likeness (QED) is 0.832. The van der Waals surface area contributed by atoms with Gasteiger partial charge in [0.2, 0.25) is 0 Å². The fraction of sp³-hybridized carbons (Fsp3) is 0.500. The van der Waals surface area contributed by atoms with E-state index in [9.17, 15) is 5.11 Å². The Labute approximate surface area is 129 Å². The van der Waals surface area contributed by atoms with Gasteiger partial charge in [-0.1, -0.05) is 23.8 Å². The number of nitrogens with zero attached hydrogens (tertiary/aromatic N) is 1. The number of benzene rings is 1. The van der Waals surface area contributed by atoms with Crippen molar-refractivity contribution in [2.75, 3.05) is 31.7 Å². The zero-order valence-corrected chi connectivity index (χ0v) is 13.0. The van der Waals surface area contributed by atoms with E-state index in [-0.39, 0.29) is 4.99 Å². The van der Waals surface area contributed by atoms with Crippen LogP contribution in [0.4, 0.5) is 5.69 Å². The smallest absolute Gasteiger partial charge is 0.105 e. The lowest BCUT2D eigenvalue weighted by atomic mass is 9.94. The van der Waals surface area contributed by atoms with Gasteiger partial charge in [-0.2, -0.15) is 0 Å². The maximum atomic E-state index is 10.5. The fourth-order valence-electron chi connectivity index (χ4n) is 2.38. The van der Waals surface area contributed by atoms with E-state index in [1.165, 1.54) is 0 Å². The summed E-state index contributed by atoms with van der Waals surface area (Å²) in [6.45, 7) is 1.75. The maximum Gasteiger partial charge on any atom is 0.105 e. The Morgan fingerprint density at radius 1 is 1.50 bits per heavy atom. The van der Waals surface area contributed by atoms with Crippen molar-refractivity contribution < 1.29 is 9.84 Å². The minimum atomic E-state index is -0.707. The SMILES string of the molecule is CN(CC1(O)CCOCC1)c1ccc(C(N)=S)c(Cl)c1. The highest BCUT2D eigenvalue weighted by molar-refractivity contribution is 7.80. The first-order chi connectivity index (χ1) is 9.41. The highest BCUT2D eigenvalue weighted by Crippen LogP contribution is 2.27. The molecule has 0 aliphatic carbocycles. The van der Waals surface area contributed by atoms with Gasteiger partial charge in [-0.3, -0.25) is 0 Å². The second kappa shape index (κ2) is 6.26. The number of rotatable bonds is 4. The van der Waals surface area contributed by atoms with E-state index >= 15 is 0 Å². The number of ether oxygens (including phenoxy) is 1. The van der Waals surface area contributed by atoms with Crippen molar-refractivity contribution in [2.24, 2.45) is 5.73 Å². The molecule has 0 aromatic heterocycles. The van der Waals surface area contributed by atoms with Crippen molar-refractivity contribution >= 4 is 34.5 Å². The molecule has 0 amide bonds. The minimum Gasteiger partial charge on any atom is -0.389 e. The van der Waals surface area contributed by atoms with Crippen LogP contribution in [-0.4, -0.2) is 42.5 Å². The summed E-state index contributed by atoms with van der Waals surface area (Å²) >= 11 is 11.1. The number of thiocarbonyl (C=S) groups is 1. The Kier molecular flexibility index (Phi) is 4.86. The number of aliphatic hydroxyl groups is 1. The van der Waals surface area contributed by atoms with Gasteiger partial charge in [0.15, 0.2) is 0 Å². The third-order valence-corrected chi connectivity index (χ3v) is 4.15. The van der Waals surface area contributed by atoms with Gasteiger partial charge in [0, 0.05) is 50.9 Å². The molecule has 1 fully saturated rings. The van der Waals surface area contributed by atoms with Gasteiger partial charge in [0.25, 0.3) is 0 Å². The summed E-state index contributed by atoms with van der Waals surface area (Å²) in [5.74, 6) is 0. The third kappa shape index (κ3) is 3.61. The molecule has 0 unspecified atom stereocenters. The predicted molar refractivity (Wildman–Crippen MR) is 85.6 cm³/mol. The highest BCUT2D eigenvalue weighted by atomic mass is 35.5. The Morgan fingerprint density at radius 3 is 2.70 bits per heavy atom. The van der Waals surface area contributed by atoms with Crippen molar-refractivity contribution in [3.05, 3.63) is 28.8 Å². The van der Waals surface area contributed by atoms with Crippen LogP contribution in [0.3, 0.4) is 0 Å². The van der Waals surface area contributed by atoms with Crippen LogP contribution in [0.5, 0.6) is 0 Å². The number of nitrogens with two attached hydrogens (primary N) is 1. The largest absolute Gasteiger partial charge is 0.389 e. The predicted octanol–water partition coefficient (Wildman–Crippen LogP) is 1.95. The lowest BCUT2D eigenvalue weighted by Crippen LogP contribution is -2.45. The van der Waals surface area contributed by atoms with Gasteiger partial charge in [-0.05, 0) is 18.2 Å². The van der Waals surface area contributed by atoms with Crippen molar-refractivity contribution in [3.8, 4) is 0 Å². The molecule has 0 spiro atoms. The van der Waals surface area contributed by atoms with Gasteiger partial charge in [0.1, 0.15) is 4.99 Å². The Bertz CT molecular complexity index is 504. The molecule has 2 rings (SSSR count). The summed E-state index contributed by atoms with van der Waals surface area (Å²) in [7, 11) is 1.93. The molecule has 0 radical (unpaired) electrons. The number of likely N-dealkylation sites (N-methyl/N-ethyl adjacent to an activating group) is 1. The lowest BCUT2D eigenvalue weighted by Gasteiger charge is -2.36. The van der Waals surface area contributed by atoms with E-state index in [2.05, 4.69) is 0 Å². The summed E-state index contributed by atoms with van der Waals surface area (Å²) < 4.78 is 5.29. The van der Waals surface area contributed by atoms with Crippen molar-refractivity contribution in [2.45, 2.75) is 18.4 Å². The van der Waals surface area contributed by atoms with Crippen LogP contribution in [0.1, 0.15) is 18.4 Å². The first-order valence-electron chi connectivity index (χ1n) is 6.52. The van der Waals surface area contributed by atoms with Crippen LogP contribution < -0.4 is 10.6 Å². The Morgan fingerprint density at radius 2 is 2.15 bits per heavy atom. The zero-order valence-electron chi connectivity index (χ0n) is 11.4. The van der Waals surface area contributed by atoms with Gasteiger partial charge < -0.3 is 20.5 Å².